The molecule has 20 heteroatoms. The van der Waals surface area contributed by atoms with Crippen molar-refractivity contribution < 1.29 is 98.4 Å². The molecular weight excluding hydrogens is 450 g/mol. The van der Waals surface area contributed by atoms with Gasteiger partial charge in [-0.3, -0.25) is 4.74 Å². The molecular formula is C7F13LiO5S. The molecule has 0 aliphatic heterocycles. The van der Waals surface area contributed by atoms with Gasteiger partial charge in [0.2, 0.25) is 0 Å². The van der Waals surface area contributed by atoms with E-state index in [-0.39, 0.29) is 18.9 Å². The molecule has 0 saturated carbocycles. The molecule has 0 aliphatic carbocycles. The normalized spacial score (nSPS) is 16.8. The van der Waals surface area contributed by atoms with Crippen LogP contribution in [-0.2, 0) is 25.0 Å². The molecule has 156 valence electrons. The van der Waals surface area contributed by atoms with Crippen LogP contribution in [0.3, 0.4) is 0 Å². The predicted molar refractivity (Wildman–Crippen MR) is 47.3 cm³/mol. The molecule has 0 aromatic rings. The molecule has 0 bridgehead atoms. The van der Waals surface area contributed by atoms with Crippen molar-refractivity contribution in [2.75, 3.05) is 0 Å². The minimum atomic E-state index is -7.44. The number of rotatable bonds is 8. The molecule has 0 N–H and O–H groups in total. The summed E-state index contributed by atoms with van der Waals surface area (Å²) in [4.78, 5) is 0. The van der Waals surface area contributed by atoms with Crippen LogP contribution in [0.25, 0.3) is 0 Å². The van der Waals surface area contributed by atoms with Crippen molar-refractivity contribution in [3.63, 3.8) is 0 Å². The van der Waals surface area contributed by atoms with E-state index in [0.717, 1.165) is 0 Å². The molecule has 2 unspecified atom stereocenters. The summed E-state index contributed by atoms with van der Waals surface area (Å²) in [5.74, 6) is -7.40. The zero-order valence-electron chi connectivity index (χ0n) is 11.9. The maximum atomic E-state index is 13.4. The van der Waals surface area contributed by atoms with Gasteiger partial charge >= 0.3 is 61.3 Å². The van der Waals surface area contributed by atoms with Crippen molar-refractivity contribution in [1.29, 1.82) is 0 Å². The quantitative estimate of drug-likeness (QED) is 0.238. The maximum absolute atomic E-state index is 13.4. The Morgan fingerprint density at radius 1 is 0.778 bits per heavy atom. The first kappa shape index (κ1) is 28.5. The molecule has 0 fully saturated rings. The van der Waals surface area contributed by atoms with Crippen LogP contribution in [0, 0.1) is 0 Å². The molecule has 0 aromatic carbocycles. The number of ether oxygens (including phenoxy) is 2. The van der Waals surface area contributed by atoms with Gasteiger partial charge in [-0.1, -0.05) is 0 Å². The van der Waals surface area contributed by atoms with Gasteiger partial charge in [0.05, 0.1) is 11.4 Å². The zero-order chi connectivity index (χ0) is 21.4. The van der Waals surface area contributed by atoms with E-state index in [1.54, 1.807) is 4.74 Å². The van der Waals surface area contributed by atoms with Crippen molar-refractivity contribution in [2.45, 2.75) is 30.4 Å². The second-order valence-corrected chi connectivity index (χ2v) is 4.24. The van der Waals surface area contributed by atoms with Crippen LogP contribution in [0.5, 0.6) is 0 Å². The van der Waals surface area contributed by atoms with Gasteiger partial charge in [-0.15, -0.1) is 0 Å². The molecule has 0 aliphatic rings. The van der Waals surface area contributed by atoms with E-state index in [9.17, 15) is 65.8 Å². The van der Waals surface area contributed by atoms with E-state index in [1.807, 2.05) is 4.74 Å². The third-order valence-corrected chi connectivity index (χ3v) is 2.23. The Hall–Kier alpha value is -0.743. The molecule has 0 amide bonds. The Labute approximate surface area is 153 Å². The van der Waals surface area contributed by atoms with Gasteiger partial charge < -0.3 is 9.29 Å². The number of hydrogen-bond donors (Lipinski definition) is 0. The fraction of sp³-hybridized carbons (Fsp3) is 0.714. The maximum Gasteiger partial charge on any atom is 1.00 e. The van der Waals surface area contributed by atoms with Crippen molar-refractivity contribution in [3.8, 4) is 0 Å². The van der Waals surface area contributed by atoms with Crippen LogP contribution in [0.4, 0.5) is 57.1 Å². The average Bonchev–Trinajstić information content (AvgIpc) is 2.33. The Bertz CT molecular complexity index is 576. The molecule has 0 spiro atoms. The van der Waals surface area contributed by atoms with Crippen LogP contribution in [-0.4, -0.2) is 39.1 Å². The molecule has 0 heterocycles. The van der Waals surface area contributed by atoms with Crippen LogP contribution in [0.2, 0.25) is 0 Å². The topological polar surface area (TPSA) is 67.8 Å². The third-order valence-electron chi connectivity index (χ3n) is 1.89. The van der Waals surface area contributed by atoms with E-state index in [2.05, 4.69) is 4.18 Å². The Morgan fingerprint density at radius 2 is 1.19 bits per heavy atom. The van der Waals surface area contributed by atoms with Crippen LogP contribution in [0.15, 0.2) is 12.1 Å². The largest absolute Gasteiger partial charge is 1.00 e. The fourth-order valence-electron chi connectivity index (χ4n) is 0.869. The van der Waals surface area contributed by atoms with Crippen molar-refractivity contribution in [3.05, 3.63) is 12.1 Å². The minimum absolute atomic E-state index is 0. The van der Waals surface area contributed by atoms with Gasteiger partial charge in [0.25, 0.3) is 0 Å². The van der Waals surface area contributed by atoms with Gasteiger partial charge in [-0.2, -0.15) is 57.1 Å². The summed E-state index contributed by atoms with van der Waals surface area (Å²) in [6.07, 6.45) is -32.3. The van der Waals surface area contributed by atoms with Crippen molar-refractivity contribution >= 4 is 11.4 Å². The first-order chi connectivity index (χ1) is 11.2. The molecule has 5 nitrogen and oxygen atoms in total. The van der Waals surface area contributed by atoms with Gasteiger partial charge in [0.15, 0.2) is 0 Å². The molecule has 0 rings (SSSR count). The second kappa shape index (κ2) is 8.73. The average molecular weight is 450 g/mol. The Kier molecular flexibility index (Phi) is 9.21. The van der Waals surface area contributed by atoms with Crippen LogP contribution in [0.1, 0.15) is 0 Å². The fourth-order valence-corrected chi connectivity index (χ4v) is 1.14. The smallest absolute Gasteiger partial charge is 0.750 e. The number of hydrogen-bond acceptors (Lipinski definition) is 5. The Balaban J connectivity index is 0. The van der Waals surface area contributed by atoms with E-state index >= 15 is 0 Å². The number of alkyl halides is 10. The van der Waals surface area contributed by atoms with Gasteiger partial charge in [-0.25, -0.2) is 8.39 Å². The molecule has 2 atom stereocenters. The summed E-state index contributed by atoms with van der Waals surface area (Å²) >= 11 is -4.62. The standard InChI is InChI=1S/C7HF13O5S.Li/c8-1(9)2(10)23-5(15,16)3(11,4(12,13)14)24-6(17,18)7(19,20)25-26(21)22;/h(H,21,22);/q;+1/p-1. The van der Waals surface area contributed by atoms with Crippen molar-refractivity contribution in [2.24, 2.45) is 0 Å². The van der Waals surface area contributed by atoms with Crippen LogP contribution >= 0.6 is 0 Å². The molecule has 0 saturated heterocycles. The predicted octanol–water partition coefficient (Wildman–Crippen LogP) is 0.876. The Morgan fingerprint density at radius 3 is 1.48 bits per heavy atom. The zero-order valence-corrected chi connectivity index (χ0v) is 12.7. The molecule has 27 heavy (non-hydrogen) atoms. The van der Waals surface area contributed by atoms with Gasteiger partial charge in [-0.05, 0) is 0 Å². The molecule has 0 aromatic heterocycles. The number of halogens is 13. The summed E-state index contributed by atoms with van der Waals surface area (Å²) in [6, 6.07) is -3.91. The monoisotopic (exact) mass is 450 g/mol. The molecule has 0 radical (unpaired) electrons. The summed E-state index contributed by atoms with van der Waals surface area (Å²) in [5.41, 5.74) is 0. The SMILES string of the molecule is O=S([O-])OC(F)(F)C(F)(F)OC(F)(C(F)(F)F)C(F)(F)OC(F)=C(F)F.[Li+]. The summed E-state index contributed by atoms with van der Waals surface area (Å²) < 4.78 is 188. The van der Waals surface area contributed by atoms with Crippen LogP contribution < -0.4 is 18.9 Å². The summed E-state index contributed by atoms with van der Waals surface area (Å²) in [6.45, 7) is 0. The third kappa shape index (κ3) is 6.38. The van der Waals surface area contributed by atoms with E-state index < -0.39 is 53.8 Å². The van der Waals surface area contributed by atoms with E-state index in [4.69, 9.17) is 0 Å². The first-order valence-electron chi connectivity index (χ1n) is 4.98. The minimum Gasteiger partial charge on any atom is -0.750 e. The van der Waals surface area contributed by atoms with E-state index in [1.165, 1.54) is 0 Å². The second-order valence-electron chi connectivity index (χ2n) is 3.67. The van der Waals surface area contributed by atoms with Crippen molar-refractivity contribution in [1.82, 2.24) is 0 Å². The summed E-state index contributed by atoms with van der Waals surface area (Å²) in [5, 5.41) is 0. The van der Waals surface area contributed by atoms with E-state index in [0.29, 0.717) is 0 Å². The van der Waals surface area contributed by atoms with Gasteiger partial charge in [0, 0.05) is 0 Å². The van der Waals surface area contributed by atoms with Gasteiger partial charge in [0.1, 0.15) is 0 Å². The first-order valence-corrected chi connectivity index (χ1v) is 5.98. The summed E-state index contributed by atoms with van der Waals surface area (Å²) in [7, 11) is 0.